The number of carbonyl (C=O) groups excluding carboxylic acids is 1. The van der Waals surface area contributed by atoms with Gasteiger partial charge in [-0.15, -0.1) is 10.2 Å². The average molecular weight is 406 g/mol. The Morgan fingerprint density at radius 3 is 2.70 bits per heavy atom. The van der Waals surface area contributed by atoms with Crippen LogP contribution >= 0.6 is 0 Å². The minimum absolute atomic E-state index is 0.255. The van der Waals surface area contributed by atoms with Crippen molar-refractivity contribution < 1.29 is 4.79 Å². The number of pyridine rings is 1. The number of amides is 1. The van der Waals surface area contributed by atoms with Crippen molar-refractivity contribution in [1.82, 2.24) is 30.1 Å². The number of aromatic nitrogens is 3. The smallest absolute Gasteiger partial charge is 0.222 e. The minimum Gasteiger partial charge on any atom is -0.357 e. The first-order chi connectivity index (χ1) is 14.7. The van der Waals surface area contributed by atoms with Gasteiger partial charge in [-0.3, -0.25) is 9.20 Å². The largest absolute Gasteiger partial charge is 0.357 e. The molecule has 1 aliphatic heterocycles. The molecular formula is C22H27N7O. The van der Waals surface area contributed by atoms with E-state index in [0.29, 0.717) is 26.1 Å². The summed E-state index contributed by atoms with van der Waals surface area (Å²) in [6.45, 7) is 5.47. The first kappa shape index (κ1) is 19.9. The molecule has 0 atom stereocenters. The molecule has 1 aliphatic rings. The number of likely N-dealkylation sites (tertiary alicyclic amines) is 1. The van der Waals surface area contributed by atoms with Crippen LogP contribution in [0.1, 0.15) is 36.7 Å². The Balaban J connectivity index is 1.35. The van der Waals surface area contributed by atoms with E-state index < -0.39 is 0 Å². The molecule has 8 nitrogen and oxygen atoms in total. The van der Waals surface area contributed by atoms with Crippen LogP contribution < -0.4 is 10.6 Å². The summed E-state index contributed by atoms with van der Waals surface area (Å²) in [6, 6.07) is 14.2. The fraction of sp³-hybridized carbons (Fsp3) is 0.364. The highest BCUT2D eigenvalue weighted by molar-refractivity contribution is 5.79. The van der Waals surface area contributed by atoms with Gasteiger partial charge < -0.3 is 15.5 Å². The number of nitrogens with one attached hydrogen (secondary N) is 2. The van der Waals surface area contributed by atoms with E-state index >= 15 is 0 Å². The van der Waals surface area contributed by atoms with Gasteiger partial charge >= 0.3 is 0 Å². The van der Waals surface area contributed by atoms with Gasteiger partial charge in [0.2, 0.25) is 5.91 Å². The summed E-state index contributed by atoms with van der Waals surface area (Å²) in [5, 5.41) is 15.0. The third-order valence-corrected chi connectivity index (χ3v) is 5.13. The van der Waals surface area contributed by atoms with E-state index in [9.17, 15) is 4.79 Å². The molecule has 0 spiro atoms. The summed E-state index contributed by atoms with van der Waals surface area (Å²) >= 11 is 0. The van der Waals surface area contributed by atoms with Crippen LogP contribution in [0.25, 0.3) is 5.65 Å². The number of fused-ring (bicyclic) bond motifs is 1. The highest BCUT2D eigenvalue weighted by Gasteiger charge is 2.19. The summed E-state index contributed by atoms with van der Waals surface area (Å²) in [7, 11) is 0. The zero-order valence-electron chi connectivity index (χ0n) is 17.2. The van der Waals surface area contributed by atoms with E-state index in [0.717, 1.165) is 48.1 Å². The lowest BCUT2D eigenvalue weighted by Crippen LogP contribution is -2.37. The summed E-state index contributed by atoms with van der Waals surface area (Å²) in [5.74, 6) is 1.82. The first-order valence-corrected chi connectivity index (χ1v) is 10.4. The fourth-order valence-corrected chi connectivity index (χ4v) is 3.53. The molecule has 8 heteroatoms. The predicted molar refractivity (Wildman–Crippen MR) is 116 cm³/mol. The van der Waals surface area contributed by atoms with Crippen LogP contribution in [0.3, 0.4) is 0 Å². The second kappa shape index (κ2) is 9.39. The lowest BCUT2D eigenvalue weighted by atomic mass is 10.1. The summed E-state index contributed by atoms with van der Waals surface area (Å²) in [5.41, 5.74) is 3.10. The second-order valence-electron chi connectivity index (χ2n) is 7.33. The molecule has 156 valence electrons. The van der Waals surface area contributed by atoms with Crippen LogP contribution in [0.2, 0.25) is 0 Å². The van der Waals surface area contributed by atoms with Crippen molar-refractivity contribution in [2.24, 2.45) is 4.99 Å². The molecule has 1 aromatic carbocycles. The standard InChI is InChI=1S/C22H27N7O/c1-2-23-22(25-15-20-27-26-19-6-3-4-13-29(19)20)24-14-17-8-10-18(11-9-17)16-28-12-5-7-21(28)30/h3-4,6,8-11,13H,2,5,7,12,14-16H2,1H3,(H2,23,24,25). The van der Waals surface area contributed by atoms with Gasteiger partial charge in [-0.25, -0.2) is 4.99 Å². The first-order valence-electron chi connectivity index (χ1n) is 10.4. The third-order valence-electron chi connectivity index (χ3n) is 5.13. The number of rotatable bonds is 7. The van der Waals surface area contributed by atoms with Gasteiger partial charge in [0.05, 0.1) is 13.1 Å². The van der Waals surface area contributed by atoms with Crippen molar-refractivity contribution in [1.29, 1.82) is 0 Å². The molecule has 3 aromatic rings. The van der Waals surface area contributed by atoms with Gasteiger partial charge in [-0.1, -0.05) is 30.3 Å². The Bertz CT molecular complexity index is 1030. The van der Waals surface area contributed by atoms with E-state index in [1.807, 2.05) is 40.6 Å². The third kappa shape index (κ3) is 4.76. The zero-order chi connectivity index (χ0) is 20.8. The number of hydrogen-bond donors (Lipinski definition) is 2. The lowest BCUT2D eigenvalue weighted by molar-refractivity contribution is -0.128. The molecule has 0 saturated carbocycles. The highest BCUT2D eigenvalue weighted by atomic mass is 16.2. The Morgan fingerprint density at radius 1 is 1.10 bits per heavy atom. The predicted octanol–water partition coefficient (Wildman–Crippen LogP) is 2.11. The van der Waals surface area contributed by atoms with Gasteiger partial charge in [0.15, 0.2) is 17.4 Å². The van der Waals surface area contributed by atoms with Crippen LogP contribution in [0.5, 0.6) is 0 Å². The fourth-order valence-electron chi connectivity index (χ4n) is 3.53. The molecule has 2 aromatic heterocycles. The Hall–Kier alpha value is -3.42. The van der Waals surface area contributed by atoms with E-state index in [1.165, 1.54) is 0 Å². The maximum atomic E-state index is 11.8. The summed E-state index contributed by atoms with van der Waals surface area (Å²) < 4.78 is 1.96. The summed E-state index contributed by atoms with van der Waals surface area (Å²) in [4.78, 5) is 18.4. The Labute approximate surface area is 176 Å². The molecule has 2 N–H and O–H groups in total. The number of hydrogen-bond acceptors (Lipinski definition) is 4. The van der Waals surface area contributed by atoms with Crippen LogP contribution in [-0.2, 0) is 24.4 Å². The van der Waals surface area contributed by atoms with Crippen molar-refractivity contribution in [3.05, 3.63) is 65.6 Å². The van der Waals surface area contributed by atoms with E-state index in [2.05, 4.69) is 50.1 Å². The van der Waals surface area contributed by atoms with Crippen molar-refractivity contribution in [2.75, 3.05) is 13.1 Å². The molecule has 0 unspecified atom stereocenters. The maximum absolute atomic E-state index is 11.8. The molecule has 0 aliphatic carbocycles. The van der Waals surface area contributed by atoms with Crippen LogP contribution in [0.4, 0.5) is 0 Å². The maximum Gasteiger partial charge on any atom is 0.222 e. The SMILES string of the molecule is CCNC(=NCc1ccc(CN2CCCC2=O)cc1)NCc1nnc2ccccn12. The Kier molecular flexibility index (Phi) is 6.22. The molecule has 3 heterocycles. The van der Waals surface area contributed by atoms with Gasteiger partial charge in [-0.05, 0) is 36.6 Å². The van der Waals surface area contributed by atoms with E-state index in [1.54, 1.807) is 0 Å². The number of aliphatic imine (C=N–C) groups is 1. The number of nitrogens with zero attached hydrogens (tertiary/aromatic N) is 5. The van der Waals surface area contributed by atoms with Gasteiger partial charge in [-0.2, -0.15) is 0 Å². The minimum atomic E-state index is 0.255. The molecule has 0 bridgehead atoms. The molecule has 1 saturated heterocycles. The molecule has 1 fully saturated rings. The van der Waals surface area contributed by atoms with E-state index in [-0.39, 0.29) is 5.91 Å². The second-order valence-corrected chi connectivity index (χ2v) is 7.33. The molecule has 1 amide bonds. The summed E-state index contributed by atoms with van der Waals surface area (Å²) in [6.07, 6.45) is 3.60. The number of carbonyl (C=O) groups is 1. The molecule has 0 radical (unpaired) electrons. The van der Waals surface area contributed by atoms with Gasteiger partial charge in [0, 0.05) is 32.3 Å². The monoisotopic (exact) mass is 405 g/mol. The Morgan fingerprint density at radius 2 is 1.93 bits per heavy atom. The van der Waals surface area contributed by atoms with Crippen molar-refractivity contribution in [3.8, 4) is 0 Å². The molecular weight excluding hydrogens is 378 g/mol. The molecule has 30 heavy (non-hydrogen) atoms. The van der Waals surface area contributed by atoms with E-state index in [4.69, 9.17) is 0 Å². The zero-order valence-corrected chi connectivity index (χ0v) is 17.2. The lowest BCUT2D eigenvalue weighted by Gasteiger charge is -2.15. The van der Waals surface area contributed by atoms with Crippen LogP contribution in [0, 0.1) is 0 Å². The highest BCUT2D eigenvalue weighted by Crippen LogP contribution is 2.15. The van der Waals surface area contributed by atoms with Crippen molar-refractivity contribution in [3.63, 3.8) is 0 Å². The molecule has 4 rings (SSSR count). The topological polar surface area (TPSA) is 86.9 Å². The van der Waals surface area contributed by atoms with Crippen molar-refractivity contribution in [2.45, 2.75) is 39.4 Å². The quantitative estimate of drug-likeness (QED) is 0.464. The average Bonchev–Trinajstić information content (AvgIpc) is 3.37. The number of benzene rings is 1. The number of guanidine groups is 1. The normalized spacial score (nSPS) is 14.5. The van der Waals surface area contributed by atoms with Crippen LogP contribution in [0.15, 0.2) is 53.7 Å². The van der Waals surface area contributed by atoms with Gasteiger partial charge in [0.25, 0.3) is 0 Å². The van der Waals surface area contributed by atoms with Gasteiger partial charge in [0.1, 0.15) is 0 Å². The van der Waals surface area contributed by atoms with Crippen molar-refractivity contribution >= 4 is 17.5 Å². The van der Waals surface area contributed by atoms with Crippen LogP contribution in [-0.4, -0.2) is 44.5 Å².